The van der Waals surface area contributed by atoms with Crippen molar-refractivity contribution in [2.24, 2.45) is 0 Å². The Morgan fingerprint density at radius 2 is 2.00 bits per heavy atom. The molecule has 0 aliphatic rings. The monoisotopic (exact) mass is 363 g/mol. The van der Waals surface area contributed by atoms with Crippen LogP contribution >= 0.6 is 0 Å². The van der Waals surface area contributed by atoms with Gasteiger partial charge in [0, 0.05) is 5.56 Å². The van der Waals surface area contributed by atoms with E-state index in [1.807, 2.05) is 6.07 Å². The van der Waals surface area contributed by atoms with Gasteiger partial charge in [0.2, 0.25) is 5.69 Å². The normalized spacial score (nSPS) is 10.1. The molecule has 0 aliphatic heterocycles. The van der Waals surface area contributed by atoms with Crippen molar-refractivity contribution in [2.45, 2.75) is 6.92 Å². The smallest absolute Gasteiger partial charge is 0.362 e. The van der Waals surface area contributed by atoms with Crippen LogP contribution in [0.5, 0.6) is 11.6 Å². The lowest BCUT2D eigenvalue weighted by Crippen LogP contribution is -2.10. The van der Waals surface area contributed by atoms with E-state index in [-0.39, 0.29) is 18.2 Å². The van der Waals surface area contributed by atoms with E-state index in [0.717, 1.165) is 0 Å². The van der Waals surface area contributed by atoms with Gasteiger partial charge >= 0.3 is 5.97 Å². The minimum absolute atomic E-state index is 0.0695. The first kappa shape index (κ1) is 18.0. The summed E-state index contributed by atoms with van der Waals surface area (Å²) in [5, 5.41) is 8.87. The van der Waals surface area contributed by atoms with Crippen LogP contribution in [0.15, 0.2) is 54.7 Å². The third-order valence-electron chi connectivity index (χ3n) is 3.53. The van der Waals surface area contributed by atoms with Gasteiger partial charge in [-0.1, -0.05) is 12.1 Å². The second-order valence-corrected chi connectivity index (χ2v) is 5.38. The summed E-state index contributed by atoms with van der Waals surface area (Å²) in [4.78, 5) is 20.6. The maximum absolute atomic E-state index is 13.5. The van der Waals surface area contributed by atoms with E-state index >= 15 is 0 Å². The number of nitriles is 1. The number of carbonyl (C=O) groups excluding carboxylic acids is 1. The summed E-state index contributed by atoms with van der Waals surface area (Å²) in [5.41, 5.74) is 1.20. The van der Waals surface area contributed by atoms with Crippen molar-refractivity contribution in [3.8, 4) is 29.0 Å². The SMILES string of the molecule is CCOC(=O)c1ncc(-c2cccc(F)c2)nc1Oc1ccc(C#N)cc1. The van der Waals surface area contributed by atoms with E-state index in [4.69, 9.17) is 14.7 Å². The molecule has 27 heavy (non-hydrogen) atoms. The van der Waals surface area contributed by atoms with Crippen LogP contribution in [0.1, 0.15) is 23.0 Å². The standard InChI is InChI=1S/C20H14FN3O3/c1-2-26-20(25)18-19(27-16-8-6-13(11-22)7-9-16)24-17(12-23-18)14-4-3-5-15(21)10-14/h3-10,12H,2H2,1H3. The molecule has 1 heterocycles. The second-order valence-electron chi connectivity index (χ2n) is 5.38. The van der Waals surface area contributed by atoms with Gasteiger partial charge in [-0.2, -0.15) is 5.26 Å². The number of benzene rings is 2. The molecule has 0 atom stereocenters. The van der Waals surface area contributed by atoms with Crippen molar-refractivity contribution in [3.63, 3.8) is 0 Å². The molecule has 0 bridgehead atoms. The summed E-state index contributed by atoms with van der Waals surface area (Å²) in [6.45, 7) is 1.84. The highest BCUT2D eigenvalue weighted by Gasteiger charge is 2.19. The zero-order chi connectivity index (χ0) is 19.2. The number of ether oxygens (including phenoxy) is 2. The molecular weight excluding hydrogens is 349 g/mol. The van der Waals surface area contributed by atoms with Crippen LogP contribution < -0.4 is 4.74 Å². The molecule has 6 nitrogen and oxygen atoms in total. The van der Waals surface area contributed by atoms with E-state index in [1.54, 1.807) is 43.3 Å². The first-order valence-corrected chi connectivity index (χ1v) is 8.09. The van der Waals surface area contributed by atoms with Gasteiger partial charge < -0.3 is 9.47 Å². The third-order valence-corrected chi connectivity index (χ3v) is 3.53. The molecule has 0 N–H and O–H groups in total. The Kier molecular flexibility index (Phi) is 5.38. The maximum atomic E-state index is 13.5. The quantitative estimate of drug-likeness (QED) is 0.634. The Labute approximate surface area is 154 Å². The van der Waals surface area contributed by atoms with Crippen LogP contribution in [0.2, 0.25) is 0 Å². The lowest BCUT2D eigenvalue weighted by atomic mass is 10.1. The fourth-order valence-electron chi connectivity index (χ4n) is 2.28. The Hall–Kier alpha value is -3.79. The highest BCUT2D eigenvalue weighted by molar-refractivity contribution is 5.90. The predicted octanol–water partition coefficient (Wildman–Crippen LogP) is 4.12. The molecule has 0 aliphatic carbocycles. The van der Waals surface area contributed by atoms with Gasteiger partial charge in [0.05, 0.1) is 30.1 Å². The summed E-state index contributed by atoms with van der Waals surface area (Å²) in [6, 6.07) is 14.1. The van der Waals surface area contributed by atoms with Crippen molar-refractivity contribution in [3.05, 3.63) is 71.8 Å². The summed E-state index contributed by atoms with van der Waals surface area (Å²) in [5.74, 6) is -0.803. The summed E-state index contributed by atoms with van der Waals surface area (Å²) < 4.78 is 24.2. The highest BCUT2D eigenvalue weighted by atomic mass is 19.1. The number of esters is 1. The van der Waals surface area contributed by atoms with Gasteiger partial charge in [0.1, 0.15) is 11.6 Å². The third kappa shape index (κ3) is 4.25. The van der Waals surface area contributed by atoms with Crippen molar-refractivity contribution >= 4 is 5.97 Å². The largest absolute Gasteiger partial charge is 0.461 e. The molecule has 134 valence electrons. The Morgan fingerprint density at radius 3 is 2.67 bits per heavy atom. The number of aromatic nitrogens is 2. The lowest BCUT2D eigenvalue weighted by molar-refractivity contribution is 0.0515. The number of hydrogen-bond acceptors (Lipinski definition) is 6. The molecule has 3 aromatic rings. The van der Waals surface area contributed by atoms with Crippen molar-refractivity contribution in [2.75, 3.05) is 6.61 Å². The second kappa shape index (κ2) is 8.06. The summed E-state index contributed by atoms with van der Waals surface area (Å²) in [7, 11) is 0. The molecule has 0 spiro atoms. The lowest BCUT2D eigenvalue weighted by Gasteiger charge is -2.11. The average Bonchev–Trinajstić information content (AvgIpc) is 2.68. The highest BCUT2D eigenvalue weighted by Crippen LogP contribution is 2.27. The van der Waals surface area contributed by atoms with Crippen molar-refractivity contribution in [1.29, 1.82) is 5.26 Å². The molecule has 0 saturated carbocycles. The number of halogens is 1. The first-order valence-electron chi connectivity index (χ1n) is 8.09. The molecule has 3 rings (SSSR count). The van der Waals surface area contributed by atoms with Gasteiger partial charge in [-0.15, -0.1) is 0 Å². The average molecular weight is 363 g/mol. The van der Waals surface area contributed by atoms with Crippen LogP contribution in [-0.4, -0.2) is 22.5 Å². The Bertz CT molecular complexity index is 1010. The molecule has 1 aromatic heterocycles. The van der Waals surface area contributed by atoms with E-state index in [0.29, 0.717) is 22.6 Å². The fraction of sp³-hybridized carbons (Fsp3) is 0.100. The number of carbonyl (C=O) groups is 1. The molecule has 0 unspecified atom stereocenters. The zero-order valence-corrected chi connectivity index (χ0v) is 14.3. The van der Waals surface area contributed by atoms with E-state index in [9.17, 15) is 9.18 Å². The van der Waals surface area contributed by atoms with Crippen LogP contribution in [0.4, 0.5) is 4.39 Å². The topological polar surface area (TPSA) is 85.1 Å². The van der Waals surface area contributed by atoms with Crippen LogP contribution in [0, 0.1) is 17.1 Å². The van der Waals surface area contributed by atoms with Gasteiger partial charge in [0.25, 0.3) is 5.88 Å². The zero-order valence-electron chi connectivity index (χ0n) is 14.3. The van der Waals surface area contributed by atoms with Crippen LogP contribution in [0.25, 0.3) is 11.3 Å². The minimum atomic E-state index is -0.681. The molecular formula is C20H14FN3O3. The molecule has 0 saturated heterocycles. The Morgan fingerprint density at radius 1 is 1.22 bits per heavy atom. The molecule has 0 amide bonds. The van der Waals surface area contributed by atoms with Gasteiger partial charge in [-0.05, 0) is 43.3 Å². The fourth-order valence-corrected chi connectivity index (χ4v) is 2.28. The van der Waals surface area contributed by atoms with Gasteiger partial charge in [-0.3, -0.25) is 0 Å². The number of hydrogen-bond donors (Lipinski definition) is 0. The summed E-state index contributed by atoms with van der Waals surface area (Å²) in [6.07, 6.45) is 1.35. The Balaban J connectivity index is 2.02. The van der Waals surface area contributed by atoms with Gasteiger partial charge in [-0.25, -0.2) is 19.2 Å². The predicted molar refractivity (Wildman–Crippen MR) is 94.6 cm³/mol. The van der Waals surface area contributed by atoms with E-state index < -0.39 is 11.8 Å². The maximum Gasteiger partial charge on any atom is 0.362 e. The van der Waals surface area contributed by atoms with Crippen molar-refractivity contribution < 1.29 is 18.7 Å². The molecule has 7 heteroatoms. The van der Waals surface area contributed by atoms with Crippen molar-refractivity contribution in [1.82, 2.24) is 9.97 Å². The first-order chi connectivity index (χ1) is 13.1. The number of rotatable bonds is 5. The number of nitrogens with zero attached hydrogens (tertiary/aromatic N) is 3. The van der Waals surface area contributed by atoms with Gasteiger partial charge in [0.15, 0.2) is 0 Å². The summed E-state index contributed by atoms with van der Waals surface area (Å²) >= 11 is 0. The minimum Gasteiger partial charge on any atom is -0.461 e. The molecule has 0 radical (unpaired) electrons. The molecule has 0 fully saturated rings. The van der Waals surface area contributed by atoms with E-state index in [2.05, 4.69) is 9.97 Å². The molecule has 2 aromatic carbocycles. The van der Waals surface area contributed by atoms with Crippen LogP contribution in [0.3, 0.4) is 0 Å². The van der Waals surface area contributed by atoms with Crippen LogP contribution in [-0.2, 0) is 4.74 Å². The van der Waals surface area contributed by atoms with E-state index in [1.165, 1.54) is 18.3 Å².